The van der Waals surface area contributed by atoms with Crippen LogP contribution in [0.25, 0.3) is 0 Å². The predicted octanol–water partition coefficient (Wildman–Crippen LogP) is 1.45. The van der Waals surface area contributed by atoms with Crippen LogP contribution in [-0.2, 0) is 10.0 Å². The molecule has 5 heteroatoms. The highest BCUT2D eigenvalue weighted by Crippen LogP contribution is 2.32. The Morgan fingerprint density at radius 2 is 1.94 bits per heavy atom. The lowest BCUT2D eigenvalue weighted by Crippen LogP contribution is -2.35. The Bertz CT molecular complexity index is 535. The van der Waals surface area contributed by atoms with Crippen LogP contribution in [0, 0.1) is 13.8 Å². The Labute approximate surface area is 108 Å². The molecule has 0 aliphatic heterocycles. The standard InChI is InChI=1S/C13H19NO3S/c1-10-3-6-13(9-11(10)2)18(16,17)14(7-8-15)12-4-5-12/h3,6,9,12,15H,4-5,7-8H2,1-2H3. The van der Waals surface area contributed by atoms with E-state index < -0.39 is 10.0 Å². The minimum absolute atomic E-state index is 0.0729. The van der Waals surface area contributed by atoms with Crippen LogP contribution in [-0.4, -0.2) is 37.0 Å². The summed E-state index contributed by atoms with van der Waals surface area (Å²) in [6, 6.07) is 5.25. The van der Waals surface area contributed by atoms with Gasteiger partial charge in [0.05, 0.1) is 11.5 Å². The van der Waals surface area contributed by atoms with E-state index in [1.54, 1.807) is 12.1 Å². The number of aryl methyl sites for hydroxylation is 2. The maximum absolute atomic E-state index is 12.5. The minimum atomic E-state index is -3.47. The smallest absolute Gasteiger partial charge is 0.243 e. The number of aliphatic hydroxyl groups is 1. The molecule has 1 saturated carbocycles. The summed E-state index contributed by atoms with van der Waals surface area (Å²) < 4.78 is 26.4. The fraction of sp³-hybridized carbons (Fsp3) is 0.538. The lowest BCUT2D eigenvalue weighted by molar-refractivity contribution is 0.250. The zero-order valence-corrected chi connectivity index (χ0v) is 11.6. The molecule has 1 aliphatic rings. The first-order valence-electron chi connectivity index (χ1n) is 6.17. The lowest BCUT2D eigenvalue weighted by atomic mass is 10.1. The predicted molar refractivity (Wildman–Crippen MR) is 69.9 cm³/mol. The van der Waals surface area contributed by atoms with Crippen molar-refractivity contribution in [1.29, 1.82) is 0 Å². The number of sulfonamides is 1. The van der Waals surface area contributed by atoms with Crippen LogP contribution in [0.4, 0.5) is 0 Å². The molecule has 0 bridgehead atoms. The lowest BCUT2D eigenvalue weighted by Gasteiger charge is -2.21. The van der Waals surface area contributed by atoms with E-state index in [0.29, 0.717) is 4.90 Å². The van der Waals surface area contributed by atoms with Gasteiger partial charge in [-0.1, -0.05) is 6.07 Å². The van der Waals surface area contributed by atoms with Crippen molar-refractivity contribution >= 4 is 10.0 Å². The maximum atomic E-state index is 12.5. The average Bonchev–Trinajstić information content (AvgIpc) is 3.13. The van der Waals surface area contributed by atoms with Gasteiger partial charge >= 0.3 is 0 Å². The molecule has 1 aliphatic carbocycles. The molecule has 1 aromatic carbocycles. The molecule has 1 N–H and O–H groups in total. The van der Waals surface area contributed by atoms with E-state index in [1.807, 2.05) is 19.9 Å². The highest BCUT2D eigenvalue weighted by molar-refractivity contribution is 7.89. The summed E-state index contributed by atoms with van der Waals surface area (Å²) in [6.45, 7) is 3.90. The van der Waals surface area contributed by atoms with Crippen molar-refractivity contribution < 1.29 is 13.5 Å². The molecule has 18 heavy (non-hydrogen) atoms. The van der Waals surface area contributed by atoms with Crippen molar-refractivity contribution in [3.05, 3.63) is 29.3 Å². The van der Waals surface area contributed by atoms with Crippen LogP contribution < -0.4 is 0 Å². The summed E-state index contributed by atoms with van der Waals surface area (Å²) >= 11 is 0. The van der Waals surface area contributed by atoms with Crippen molar-refractivity contribution in [2.24, 2.45) is 0 Å². The topological polar surface area (TPSA) is 57.6 Å². The minimum Gasteiger partial charge on any atom is -0.395 e. The van der Waals surface area contributed by atoms with E-state index in [4.69, 9.17) is 5.11 Å². The van der Waals surface area contributed by atoms with Gasteiger partial charge in [-0.3, -0.25) is 0 Å². The molecule has 0 radical (unpaired) electrons. The van der Waals surface area contributed by atoms with Gasteiger partial charge in [-0.15, -0.1) is 0 Å². The number of nitrogens with zero attached hydrogens (tertiary/aromatic N) is 1. The second-order valence-corrected chi connectivity index (χ2v) is 6.71. The van der Waals surface area contributed by atoms with Gasteiger partial charge in [-0.25, -0.2) is 8.42 Å². The number of benzene rings is 1. The van der Waals surface area contributed by atoms with E-state index in [0.717, 1.165) is 24.0 Å². The quantitative estimate of drug-likeness (QED) is 0.880. The van der Waals surface area contributed by atoms with Gasteiger partial charge in [0.15, 0.2) is 0 Å². The zero-order chi connectivity index (χ0) is 13.3. The monoisotopic (exact) mass is 269 g/mol. The van der Waals surface area contributed by atoms with E-state index in [1.165, 1.54) is 4.31 Å². The first kappa shape index (κ1) is 13.5. The summed E-state index contributed by atoms with van der Waals surface area (Å²) in [4.78, 5) is 0.325. The fourth-order valence-electron chi connectivity index (χ4n) is 1.97. The second-order valence-electron chi connectivity index (χ2n) is 4.82. The van der Waals surface area contributed by atoms with Gasteiger partial charge in [0, 0.05) is 12.6 Å². The number of hydrogen-bond acceptors (Lipinski definition) is 3. The van der Waals surface area contributed by atoms with Crippen LogP contribution in [0.1, 0.15) is 24.0 Å². The third-order valence-corrected chi connectivity index (χ3v) is 5.31. The zero-order valence-electron chi connectivity index (χ0n) is 10.8. The van der Waals surface area contributed by atoms with Crippen LogP contribution in [0.3, 0.4) is 0 Å². The maximum Gasteiger partial charge on any atom is 0.243 e. The van der Waals surface area contributed by atoms with E-state index >= 15 is 0 Å². The van der Waals surface area contributed by atoms with Gasteiger partial charge in [0.2, 0.25) is 10.0 Å². The molecule has 0 amide bonds. The molecule has 1 aromatic rings. The normalized spacial score (nSPS) is 16.2. The van der Waals surface area contributed by atoms with Crippen LogP contribution in [0.15, 0.2) is 23.1 Å². The van der Waals surface area contributed by atoms with Crippen LogP contribution in [0.2, 0.25) is 0 Å². The Hall–Kier alpha value is -0.910. The number of aliphatic hydroxyl groups excluding tert-OH is 1. The van der Waals surface area contributed by atoms with Gasteiger partial charge in [0.25, 0.3) is 0 Å². The summed E-state index contributed by atoms with van der Waals surface area (Å²) in [5.74, 6) is 0. The Morgan fingerprint density at radius 3 is 2.44 bits per heavy atom. The molecule has 0 spiro atoms. The summed E-state index contributed by atoms with van der Waals surface area (Å²) in [5, 5.41) is 9.02. The average molecular weight is 269 g/mol. The number of hydrogen-bond donors (Lipinski definition) is 1. The molecule has 0 saturated heterocycles. The Kier molecular flexibility index (Phi) is 3.75. The molecule has 100 valence electrons. The Morgan fingerprint density at radius 1 is 1.28 bits per heavy atom. The molecule has 0 aromatic heterocycles. The second kappa shape index (κ2) is 4.99. The van der Waals surface area contributed by atoms with Crippen LogP contribution >= 0.6 is 0 Å². The fourth-order valence-corrected chi connectivity index (χ4v) is 3.73. The van der Waals surface area contributed by atoms with Gasteiger partial charge < -0.3 is 5.11 Å². The molecule has 4 nitrogen and oxygen atoms in total. The van der Waals surface area contributed by atoms with Gasteiger partial charge in [0.1, 0.15) is 0 Å². The SMILES string of the molecule is Cc1ccc(S(=O)(=O)N(CCO)C2CC2)cc1C. The van der Waals surface area contributed by atoms with Crippen molar-refractivity contribution in [3.63, 3.8) is 0 Å². The summed E-state index contributed by atoms with van der Waals surface area (Å²) in [5.41, 5.74) is 2.05. The molecule has 0 unspecified atom stereocenters. The molecular weight excluding hydrogens is 250 g/mol. The van der Waals surface area contributed by atoms with Crippen molar-refractivity contribution in [2.45, 2.75) is 37.6 Å². The third-order valence-electron chi connectivity index (χ3n) is 3.36. The van der Waals surface area contributed by atoms with E-state index in [9.17, 15) is 8.42 Å². The molecule has 2 rings (SSSR count). The Balaban J connectivity index is 2.36. The summed E-state index contributed by atoms with van der Waals surface area (Å²) in [7, 11) is -3.47. The van der Waals surface area contributed by atoms with E-state index in [-0.39, 0.29) is 19.2 Å². The summed E-state index contributed by atoms with van der Waals surface area (Å²) in [6.07, 6.45) is 1.79. The first-order chi connectivity index (χ1) is 8.46. The largest absolute Gasteiger partial charge is 0.395 e. The van der Waals surface area contributed by atoms with Crippen LogP contribution in [0.5, 0.6) is 0 Å². The van der Waals surface area contributed by atoms with Gasteiger partial charge in [-0.05, 0) is 49.9 Å². The molecule has 0 atom stereocenters. The third kappa shape index (κ3) is 2.58. The highest BCUT2D eigenvalue weighted by Gasteiger charge is 2.37. The van der Waals surface area contributed by atoms with Crippen molar-refractivity contribution in [1.82, 2.24) is 4.31 Å². The highest BCUT2D eigenvalue weighted by atomic mass is 32.2. The van der Waals surface area contributed by atoms with E-state index in [2.05, 4.69) is 0 Å². The molecule has 1 fully saturated rings. The molecule has 0 heterocycles. The van der Waals surface area contributed by atoms with Crippen molar-refractivity contribution in [3.8, 4) is 0 Å². The van der Waals surface area contributed by atoms with Gasteiger partial charge in [-0.2, -0.15) is 4.31 Å². The number of rotatable bonds is 5. The first-order valence-corrected chi connectivity index (χ1v) is 7.61. The molecular formula is C13H19NO3S. The van der Waals surface area contributed by atoms with Crippen molar-refractivity contribution in [2.75, 3.05) is 13.2 Å².